The number of hydrogen-bond acceptors (Lipinski definition) is 19. The number of phosphoric acid groups is 3. The van der Waals surface area contributed by atoms with Gasteiger partial charge in [0.2, 0.25) is 11.8 Å². The Hall–Kier alpha value is -4.33. The van der Waals surface area contributed by atoms with E-state index in [-0.39, 0.29) is 59.6 Å². The summed E-state index contributed by atoms with van der Waals surface area (Å²) < 4.78 is 62.5. The summed E-state index contributed by atoms with van der Waals surface area (Å²) in [6.45, 7) is 2.45. The highest BCUT2D eigenvalue weighted by atomic mass is 32.2. The average molecular weight is 1200 g/mol. The fourth-order valence-corrected chi connectivity index (χ4v) is 11.1. The molecule has 0 spiro atoms. The number of hydrogen-bond donors (Lipinski definition) is 9. The molecule has 2 aromatic heterocycles. The quantitative estimate of drug-likeness (QED) is 0.0135. The number of imidazole rings is 1. The lowest BCUT2D eigenvalue weighted by molar-refractivity contribution is -0.137. The van der Waals surface area contributed by atoms with E-state index in [0.717, 1.165) is 112 Å². The second-order valence-electron chi connectivity index (χ2n) is 19.1. The van der Waals surface area contributed by atoms with E-state index in [1.54, 1.807) is 0 Å². The van der Waals surface area contributed by atoms with Crippen molar-refractivity contribution in [2.45, 2.75) is 154 Å². The zero-order chi connectivity index (χ0) is 59.0. The predicted molar refractivity (Wildman–Crippen MR) is 302 cm³/mol. The Bertz CT molecular complexity index is 2590. The normalized spacial score (nSPS) is 19.3. The summed E-state index contributed by atoms with van der Waals surface area (Å²) in [5.41, 5.74) is 4.24. The molecule has 0 radical (unpaired) electrons. The lowest BCUT2D eigenvalue weighted by atomic mass is 9.87. The number of nitrogens with one attached hydrogen (secondary N) is 2. The number of aliphatic hydroxyl groups excluding tert-OH is 2. The number of amides is 2. The van der Waals surface area contributed by atoms with Gasteiger partial charge in [0.05, 0.1) is 26.0 Å². The Kier molecular flexibility index (Phi) is 32.3. The number of thioether (sulfide) groups is 1. The van der Waals surface area contributed by atoms with E-state index in [1.165, 1.54) is 13.8 Å². The van der Waals surface area contributed by atoms with E-state index >= 15 is 0 Å². The third kappa shape index (κ3) is 28.6. The molecule has 2 amide bonds. The predicted octanol–water partition coefficient (Wildman–Crippen LogP) is 7.44. The minimum atomic E-state index is -5.60. The maximum atomic E-state index is 12.8. The molecule has 2 aromatic rings. The molecule has 0 aliphatic carbocycles. The number of ether oxygens (including phenoxy) is 1. The van der Waals surface area contributed by atoms with Crippen LogP contribution in [0.3, 0.4) is 0 Å². The van der Waals surface area contributed by atoms with Crippen LogP contribution < -0.4 is 16.4 Å². The van der Waals surface area contributed by atoms with Gasteiger partial charge in [-0.05, 0) is 57.8 Å². The molecule has 1 aliphatic heterocycles. The highest BCUT2D eigenvalue weighted by Crippen LogP contribution is 2.61. The number of phosphoric ester groups is 3. The van der Waals surface area contributed by atoms with Crippen molar-refractivity contribution in [3.05, 3.63) is 85.6 Å². The molecule has 448 valence electrons. The third-order valence-corrected chi connectivity index (χ3v) is 15.8. The number of nitrogens with two attached hydrogens (primary N) is 1. The molecule has 0 aromatic carbocycles. The number of aliphatic hydroxyl groups is 2. The fourth-order valence-electron chi connectivity index (χ4n) is 7.53. The molecular weight excluding hydrogens is 1120 g/mol. The Labute approximate surface area is 471 Å². The number of carbonyl (C=O) groups is 4. The molecule has 1 aliphatic rings. The van der Waals surface area contributed by atoms with Gasteiger partial charge in [-0.3, -0.25) is 37.3 Å². The van der Waals surface area contributed by atoms with Crippen molar-refractivity contribution in [3.63, 3.8) is 0 Å². The summed E-state index contributed by atoms with van der Waals surface area (Å²) >= 11 is 0.930. The van der Waals surface area contributed by atoms with Crippen LogP contribution >= 0.6 is 35.2 Å². The first kappa shape index (κ1) is 69.9. The minimum absolute atomic E-state index is 0.0241. The second-order valence-corrected chi connectivity index (χ2v) is 24.5. The van der Waals surface area contributed by atoms with Crippen LogP contribution in [0.4, 0.5) is 5.82 Å². The summed E-state index contributed by atoms with van der Waals surface area (Å²) in [5.74, 6) is -1.44. The summed E-state index contributed by atoms with van der Waals surface area (Å²) in [6, 6.07) is 0. The van der Waals surface area contributed by atoms with E-state index in [9.17, 15) is 62.7 Å². The second kappa shape index (κ2) is 37.0. The maximum absolute atomic E-state index is 12.8. The highest BCUT2D eigenvalue weighted by molar-refractivity contribution is 8.13. The maximum Gasteiger partial charge on any atom is 0.481 e. The number of allylic oxidation sites excluding steroid dienone is 12. The number of nitrogen functional groups attached to an aromatic ring is 1. The number of rotatable bonds is 41. The van der Waals surface area contributed by atoms with Crippen LogP contribution in [0.25, 0.3) is 11.2 Å². The van der Waals surface area contributed by atoms with Gasteiger partial charge in [-0.1, -0.05) is 131 Å². The van der Waals surface area contributed by atoms with Crippen LogP contribution in [0.2, 0.25) is 0 Å². The number of carbonyl (C=O) groups excluding carboxylic acids is 4. The third-order valence-electron chi connectivity index (χ3n) is 11.8. The molecular formula is C51H80N7O18P3S. The molecule has 10 N–H and O–H groups in total. The molecule has 0 saturated carbocycles. The van der Waals surface area contributed by atoms with Gasteiger partial charge >= 0.3 is 23.5 Å². The number of ketones is 1. The van der Waals surface area contributed by atoms with E-state index in [1.807, 2.05) is 0 Å². The molecule has 29 heteroatoms. The number of unbranched alkanes of at least 4 members (excludes halogenated alkanes) is 6. The zero-order valence-corrected chi connectivity index (χ0v) is 49.0. The number of aromatic nitrogens is 4. The topological polar surface area (TPSA) is 381 Å². The molecule has 1 saturated heterocycles. The Morgan fingerprint density at radius 2 is 1.36 bits per heavy atom. The van der Waals surface area contributed by atoms with Crippen molar-refractivity contribution in [3.8, 4) is 0 Å². The summed E-state index contributed by atoms with van der Waals surface area (Å²) in [6.07, 6.45) is 32.3. The molecule has 0 bridgehead atoms. The van der Waals surface area contributed by atoms with Crippen molar-refractivity contribution >= 4 is 74.9 Å². The molecule has 25 nitrogen and oxygen atoms in total. The number of nitrogens with zero attached hydrogens (tertiary/aromatic N) is 4. The van der Waals surface area contributed by atoms with E-state index < -0.39 is 84.6 Å². The first-order chi connectivity index (χ1) is 37.9. The van der Waals surface area contributed by atoms with Gasteiger partial charge in [-0.15, -0.1) is 0 Å². The van der Waals surface area contributed by atoms with E-state index in [2.05, 4.69) is 114 Å². The zero-order valence-electron chi connectivity index (χ0n) is 45.5. The largest absolute Gasteiger partial charge is 0.481 e. The van der Waals surface area contributed by atoms with Gasteiger partial charge in [-0.2, -0.15) is 4.31 Å². The van der Waals surface area contributed by atoms with Gasteiger partial charge < -0.3 is 50.9 Å². The standard InChI is InChI=1S/C51H80N7O18P3S/c1-4-5-6-7-8-9-10-11-12-13-14-15-16-17-18-19-20-21-22-23-24-25-26-27-28-29-39(59)34-42(61)80-33-32-53-41(60)30-31-54-49(64)46(63)51(2,3)36-73-79(70,71)76-78(68,69)72-35-40-45(75-77(65,66)67)44(62)50(74-40)58-38-57-43-47(52)55-37-56-48(43)58/h5-6,8-9,11-12,14-15,17-18,20-21,37-38,40,44-46,50,62-63H,4,7,10,13,16,19,22-36H2,1-3H3,(H,53,60)(H,54,64)(H,68,69)(H,70,71)(H2,52,55,56)(H2,65,66,67)/b6-5-,9-8-,12-11-,15-14-,18-17-,21-20-/t40-,44-,45-,46+,50-/m1/s1. The number of fused-ring (bicyclic) bond motifs is 1. The number of Topliss-reactive ketones (excluding diaryl/α,β-unsaturated/α-hetero) is 1. The molecule has 3 heterocycles. The first-order valence-electron chi connectivity index (χ1n) is 26.4. The van der Waals surface area contributed by atoms with Gasteiger partial charge in [0, 0.05) is 37.1 Å². The summed E-state index contributed by atoms with van der Waals surface area (Å²) in [5, 5.41) is 26.3. The molecule has 7 atom stereocenters. The smallest absolute Gasteiger partial charge is 0.386 e. The van der Waals surface area contributed by atoms with E-state index in [0.29, 0.717) is 6.42 Å². The van der Waals surface area contributed by atoms with Crippen molar-refractivity contribution in [1.82, 2.24) is 30.2 Å². The first-order valence-corrected chi connectivity index (χ1v) is 31.9. The summed E-state index contributed by atoms with van der Waals surface area (Å²) in [4.78, 5) is 101. The van der Waals surface area contributed by atoms with Crippen LogP contribution in [0, 0.1) is 5.41 Å². The Morgan fingerprint density at radius 1 is 0.787 bits per heavy atom. The van der Waals surface area contributed by atoms with Gasteiger partial charge in [0.1, 0.15) is 42.0 Å². The molecule has 2 unspecified atom stereocenters. The van der Waals surface area contributed by atoms with Crippen molar-refractivity contribution in [2.24, 2.45) is 5.41 Å². The van der Waals surface area contributed by atoms with Crippen LogP contribution in [0.5, 0.6) is 0 Å². The van der Waals surface area contributed by atoms with Crippen LogP contribution in [0.1, 0.15) is 130 Å². The van der Waals surface area contributed by atoms with Crippen LogP contribution in [0.15, 0.2) is 85.6 Å². The summed E-state index contributed by atoms with van der Waals surface area (Å²) in [7, 11) is -16.5. The lowest BCUT2D eigenvalue weighted by Gasteiger charge is -2.30. The van der Waals surface area contributed by atoms with Crippen molar-refractivity contribution in [2.75, 3.05) is 37.8 Å². The molecule has 1 fully saturated rings. The molecule has 3 rings (SSSR count). The Balaban J connectivity index is 1.21. The average Bonchev–Trinajstić information content (AvgIpc) is 3.95. The lowest BCUT2D eigenvalue weighted by Crippen LogP contribution is -2.46. The van der Waals surface area contributed by atoms with E-state index in [4.69, 9.17) is 19.5 Å². The fraction of sp³-hybridized carbons (Fsp3) is 0.588. The Morgan fingerprint density at radius 3 is 1.98 bits per heavy atom. The minimum Gasteiger partial charge on any atom is -0.386 e. The monoisotopic (exact) mass is 1200 g/mol. The molecule has 80 heavy (non-hydrogen) atoms. The van der Waals surface area contributed by atoms with Crippen LogP contribution in [-0.2, 0) is 55.5 Å². The van der Waals surface area contributed by atoms with Crippen molar-refractivity contribution < 1.29 is 85.3 Å². The van der Waals surface area contributed by atoms with Crippen molar-refractivity contribution in [1.29, 1.82) is 0 Å². The van der Waals surface area contributed by atoms with Crippen LogP contribution in [-0.4, -0.2) is 128 Å². The van der Waals surface area contributed by atoms with Gasteiger partial charge in [0.15, 0.2) is 22.8 Å². The number of anilines is 1. The van der Waals surface area contributed by atoms with Gasteiger partial charge in [0.25, 0.3) is 0 Å². The SMILES string of the molecule is CC/C=C\C/C=C\C/C=C\C/C=C\C/C=C\C/C=C\CCCCCCCCC(=O)CC(=O)SCCNC(=O)CCNC(=O)[C@H](O)C(C)(C)COP(=O)(O)OP(=O)(O)OC[C@H]1O[C@@H](n2cnc3c(N)ncnc32)[C@H](O)[C@@H]1OP(=O)(O)O. The highest BCUT2D eigenvalue weighted by Gasteiger charge is 2.50. The van der Waals surface area contributed by atoms with Gasteiger partial charge in [-0.25, -0.2) is 28.6 Å².